The SMILES string of the molecule is CN(C)Cc1nnc(C2CCN(Cc3ccc4occc4c3)CC2)n1C1CC1. The van der Waals surface area contributed by atoms with Gasteiger partial charge in [0.05, 0.1) is 12.8 Å². The molecule has 1 saturated heterocycles. The number of fused-ring (bicyclic) bond motifs is 1. The second kappa shape index (κ2) is 7.33. The number of piperidine rings is 1. The highest BCUT2D eigenvalue weighted by atomic mass is 16.3. The number of rotatable bonds is 6. The third-order valence-electron chi connectivity index (χ3n) is 6.04. The van der Waals surface area contributed by atoms with Crippen LogP contribution in [0, 0.1) is 0 Å². The van der Waals surface area contributed by atoms with Crippen molar-refractivity contribution in [2.45, 2.75) is 50.7 Å². The smallest absolute Gasteiger partial charge is 0.147 e. The first-order valence-electron chi connectivity index (χ1n) is 10.4. The minimum Gasteiger partial charge on any atom is -0.464 e. The molecule has 6 nitrogen and oxygen atoms in total. The molecule has 2 aromatic heterocycles. The average Bonchev–Trinajstić information content (AvgIpc) is 3.27. The fraction of sp³-hybridized carbons (Fsp3) is 0.545. The summed E-state index contributed by atoms with van der Waals surface area (Å²) in [5, 5.41) is 10.4. The van der Waals surface area contributed by atoms with Gasteiger partial charge in [-0.2, -0.15) is 0 Å². The fourth-order valence-corrected chi connectivity index (χ4v) is 4.46. The zero-order valence-electron chi connectivity index (χ0n) is 16.8. The Morgan fingerprint density at radius 3 is 2.64 bits per heavy atom. The van der Waals surface area contributed by atoms with Crippen LogP contribution in [0.15, 0.2) is 34.9 Å². The number of benzene rings is 1. The van der Waals surface area contributed by atoms with Gasteiger partial charge in [-0.1, -0.05) is 6.07 Å². The molecule has 3 aromatic rings. The van der Waals surface area contributed by atoms with Gasteiger partial charge in [0.25, 0.3) is 0 Å². The second-order valence-electron chi connectivity index (χ2n) is 8.66. The highest BCUT2D eigenvalue weighted by Crippen LogP contribution is 2.40. The molecule has 1 aliphatic carbocycles. The molecule has 0 spiro atoms. The molecule has 0 atom stereocenters. The van der Waals surface area contributed by atoms with Gasteiger partial charge < -0.3 is 13.9 Å². The maximum Gasteiger partial charge on any atom is 0.147 e. The molecule has 0 radical (unpaired) electrons. The largest absolute Gasteiger partial charge is 0.464 e. The average molecular weight is 380 g/mol. The summed E-state index contributed by atoms with van der Waals surface area (Å²) in [6, 6.07) is 9.21. The Balaban J connectivity index is 1.25. The van der Waals surface area contributed by atoms with Crippen LogP contribution in [0.3, 0.4) is 0 Å². The van der Waals surface area contributed by atoms with Gasteiger partial charge in [-0.05, 0) is 76.6 Å². The van der Waals surface area contributed by atoms with Crippen molar-refractivity contribution in [2.75, 3.05) is 27.2 Å². The lowest BCUT2D eigenvalue weighted by Gasteiger charge is -2.31. The lowest BCUT2D eigenvalue weighted by atomic mass is 9.95. The lowest BCUT2D eigenvalue weighted by molar-refractivity contribution is 0.200. The summed E-state index contributed by atoms with van der Waals surface area (Å²) in [6.07, 6.45) is 6.66. The van der Waals surface area contributed by atoms with E-state index in [-0.39, 0.29) is 0 Å². The van der Waals surface area contributed by atoms with Crippen molar-refractivity contribution in [1.82, 2.24) is 24.6 Å². The number of furan rings is 1. The normalized spacial score (nSPS) is 19.1. The van der Waals surface area contributed by atoms with Gasteiger partial charge in [-0.3, -0.25) is 4.90 Å². The fourth-order valence-electron chi connectivity index (χ4n) is 4.46. The van der Waals surface area contributed by atoms with Gasteiger partial charge in [0, 0.05) is 23.9 Å². The maximum atomic E-state index is 5.46. The minimum absolute atomic E-state index is 0.539. The third kappa shape index (κ3) is 3.59. The molecule has 1 saturated carbocycles. The van der Waals surface area contributed by atoms with E-state index in [1.165, 1.54) is 42.5 Å². The van der Waals surface area contributed by atoms with Crippen LogP contribution in [0.5, 0.6) is 0 Å². The first kappa shape index (κ1) is 17.9. The van der Waals surface area contributed by atoms with E-state index in [0.29, 0.717) is 12.0 Å². The predicted molar refractivity (Wildman–Crippen MR) is 109 cm³/mol. The topological polar surface area (TPSA) is 50.3 Å². The van der Waals surface area contributed by atoms with Crippen molar-refractivity contribution in [3.63, 3.8) is 0 Å². The molecule has 0 bridgehead atoms. The summed E-state index contributed by atoms with van der Waals surface area (Å²) < 4.78 is 7.92. The molecule has 2 fully saturated rings. The van der Waals surface area contributed by atoms with Crippen molar-refractivity contribution in [2.24, 2.45) is 0 Å². The van der Waals surface area contributed by atoms with Gasteiger partial charge in [0.1, 0.15) is 17.2 Å². The van der Waals surface area contributed by atoms with Crippen molar-refractivity contribution >= 4 is 11.0 Å². The first-order chi connectivity index (χ1) is 13.7. The van der Waals surface area contributed by atoms with Crippen LogP contribution in [0.4, 0.5) is 0 Å². The Morgan fingerprint density at radius 1 is 1.07 bits per heavy atom. The van der Waals surface area contributed by atoms with E-state index in [4.69, 9.17) is 4.42 Å². The highest BCUT2D eigenvalue weighted by molar-refractivity contribution is 5.77. The van der Waals surface area contributed by atoms with E-state index in [0.717, 1.165) is 37.6 Å². The summed E-state index contributed by atoms with van der Waals surface area (Å²) in [5.74, 6) is 2.91. The standard InChI is InChI=1S/C22H29N5O/c1-25(2)15-21-23-24-22(27(21)19-4-5-19)17-7-10-26(11-8-17)14-16-3-6-20-18(13-16)9-12-28-20/h3,6,9,12-13,17,19H,4-5,7-8,10-11,14-15H2,1-2H3. The Labute approximate surface area is 166 Å². The van der Waals surface area contributed by atoms with E-state index in [2.05, 4.69) is 56.9 Å². The molecular weight excluding hydrogens is 350 g/mol. The Kier molecular flexibility index (Phi) is 4.69. The van der Waals surface area contributed by atoms with Gasteiger partial charge in [0.15, 0.2) is 0 Å². The zero-order chi connectivity index (χ0) is 19.1. The molecule has 28 heavy (non-hydrogen) atoms. The molecule has 0 unspecified atom stereocenters. The third-order valence-corrected chi connectivity index (χ3v) is 6.04. The van der Waals surface area contributed by atoms with Gasteiger partial charge in [-0.25, -0.2) is 0 Å². The van der Waals surface area contributed by atoms with Crippen molar-refractivity contribution in [1.29, 1.82) is 0 Å². The van der Waals surface area contributed by atoms with Gasteiger partial charge in [0.2, 0.25) is 0 Å². The van der Waals surface area contributed by atoms with E-state index < -0.39 is 0 Å². The van der Waals surface area contributed by atoms with Gasteiger partial charge in [-0.15, -0.1) is 10.2 Å². The molecule has 0 amide bonds. The Morgan fingerprint density at radius 2 is 1.89 bits per heavy atom. The van der Waals surface area contributed by atoms with E-state index >= 15 is 0 Å². The Hall–Kier alpha value is -2.18. The van der Waals surface area contributed by atoms with Crippen molar-refractivity contribution in [3.8, 4) is 0 Å². The van der Waals surface area contributed by atoms with Crippen molar-refractivity contribution < 1.29 is 4.42 Å². The highest BCUT2D eigenvalue weighted by Gasteiger charge is 2.33. The summed E-state index contributed by atoms with van der Waals surface area (Å²) >= 11 is 0. The van der Waals surface area contributed by atoms with E-state index in [1.54, 1.807) is 6.26 Å². The van der Waals surface area contributed by atoms with Gasteiger partial charge >= 0.3 is 0 Å². The number of likely N-dealkylation sites (tertiary alicyclic amines) is 1. The van der Waals surface area contributed by atoms with Crippen LogP contribution in [0.25, 0.3) is 11.0 Å². The summed E-state index contributed by atoms with van der Waals surface area (Å²) in [7, 11) is 4.20. The molecular formula is C22H29N5O. The second-order valence-corrected chi connectivity index (χ2v) is 8.66. The molecule has 6 heteroatoms. The summed E-state index contributed by atoms with van der Waals surface area (Å²) in [4.78, 5) is 4.75. The first-order valence-corrected chi connectivity index (χ1v) is 10.4. The number of hydrogen-bond acceptors (Lipinski definition) is 5. The van der Waals surface area contributed by atoms with Crippen LogP contribution in [-0.2, 0) is 13.1 Å². The van der Waals surface area contributed by atoms with Crippen LogP contribution in [0.2, 0.25) is 0 Å². The van der Waals surface area contributed by atoms with Crippen LogP contribution < -0.4 is 0 Å². The molecule has 2 aliphatic rings. The van der Waals surface area contributed by atoms with Crippen LogP contribution in [-0.4, -0.2) is 51.7 Å². The van der Waals surface area contributed by atoms with E-state index in [1.807, 2.05) is 6.07 Å². The van der Waals surface area contributed by atoms with E-state index in [9.17, 15) is 0 Å². The molecule has 0 N–H and O–H groups in total. The number of nitrogens with zero attached hydrogens (tertiary/aromatic N) is 5. The summed E-state index contributed by atoms with van der Waals surface area (Å²) in [6.45, 7) is 4.12. The molecule has 3 heterocycles. The number of aromatic nitrogens is 3. The molecule has 148 valence electrons. The monoisotopic (exact) mass is 379 g/mol. The molecule has 1 aromatic carbocycles. The molecule has 1 aliphatic heterocycles. The quantitative estimate of drug-likeness (QED) is 0.652. The lowest BCUT2D eigenvalue weighted by Crippen LogP contribution is -2.33. The zero-order valence-corrected chi connectivity index (χ0v) is 16.8. The van der Waals surface area contributed by atoms with Crippen LogP contribution in [0.1, 0.15) is 54.9 Å². The molecule has 5 rings (SSSR count). The summed E-state index contributed by atoms with van der Waals surface area (Å²) in [5.41, 5.74) is 2.33. The van der Waals surface area contributed by atoms with Crippen LogP contribution >= 0.6 is 0 Å². The van der Waals surface area contributed by atoms with Crippen molar-refractivity contribution in [3.05, 3.63) is 47.7 Å². The minimum atomic E-state index is 0.539. The Bertz CT molecular complexity index is 947. The predicted octanol–water partition coefficient (Wildman–Crippen LogP) is 3.80. The number of hydrogen-bond donors (Lipinski definition) is 0. The maximum absolute atomic E-state index is 5.46.